The summed E-state index contributed by atoms with van der Waals surface area (Å²) >= 11 is 1.49. The zero-order chi connectivity index (χ0) is 35.4. The molecule has 1 fully saturated rings. The molecule has 1 aliphatic rings. The van der Waals surface area contributed by atoms with Crippen LogP contribution in [0.5, 0.6) is 0 Å². The first kappa shape index (κ1) is 44.4. The molecular weight excluding hydrogens is 737 g/mol. The number of aliphatic hydroxyl groups excluding tert-OH is 3. The molecule has 3 aromatic rings. The Morgan fingerprint density at radius 3 is 2.27 bits per heavy atom. The Hall–Kier alpha value is -2.73. The summed E-state index contributed by atoms with van der Waals surface area (Å²) in [4.78, 5) is 49.1. The van der Waals surface area contributed by atoms with Gasteiger partial charge in [-0.25, -0.2) is 4.79 Å². The molecule has 0 bridgehead atoms. The maximum Gasteiger partial charge on any atom is 2.00 e. The minimum atomic E-state index is -2.40. The van der Waals surface area contributed by atoms with Gasteiger partial charge in [0, 0.05) is 37.8 Å². The molecular formula is C34H41FeN3NaO11S+3. The molecule has 2 heterocycles. The second-order valence-corrected chi connectivity index (χ2v) is 12.6. The number of carboxylic acid groups (broad SMARTS) is 1. The third-order valence-corrected chi connectivity index (χ3v) is 8.84. The molecule has 3 amide bonds. The van der Waals surface area contributed by atoms with Crippen molar-refractivity contribution in [3.8, 4) is 11.1 Å². The van der Waals surface area contributed by atoms with Crippen molar-refractivity contribution >= 4 is 35.5 Å². The molecule has 1 saturated heterocycles. The Morgan fingerprint density at radius 1 is 0.961 bits per heavy atom. The van der Waals surface area contributed by atoms with Crippen LogP contribution in [0.2, 0.25) is 0 Å². The summed E-state index contributed by atoms with van der Waals surface area (Å²) in [6, 6.07) is 18.2. The number of benzene rings is 2. The number of nitrogens with one attached hydrogen (secondary N) is 3. The molecule has 14 nitrogen and oxygen atoms in total. The second kappa shape index (κ2) is 21.7. The fraction of sp³-hybridized carbons (Fsp3) is 0.412. The number of furan rings is 1. The minimum absolute atomic E-state index is 0. The summed E-state index contributed by atoms with van der Waals surface area (Å²) < 4.78 is 16.5. The van der Waals surface area contributed by atoms with Gasteiger partial charge >= 0.3 is 52.6 Å². The third-order valence-electron chi connectivity index (χ3n) is 7.77. The van der Waals surface area contributed by atoms with Crippen LogP contribution < -0.4 is 45.5 Å². The number of thioether (sulfide) groups is 1. The molecule has 1 unspecified atom stereocenters. The van der Waals surface area contributed by atoms with Crippen LogP contribution in [-0.4, -0.2) is 112 Å². The van der Waals surface area contributed by atoms with Crippen LogP contribution in [-0.2, 0) is 36.1 Å². The number of hydrogen-bond donors (Lipinski definition) is 7. The molecule has 4 rings (SSSR count). The van der Waals surface area contributed by atoms with E-state index in [1.54, 1.807) is 36.4 Å². The fourth-order valence-electron chi connectivity index (χ4n) is 5.27. The van der Waals surface area contributed by atoms with Crippen molar-refractivity contribution in [2.24, 2.45) is 0 Å². The van der Waals surface area contributed by atoms with Gasteiger partial charge in [0.15, 0.2) is 5.76 Å². The first-order valence-corrected chi connectivity index (χ1v) is 16.9. The van der Waals surface area contributed by atoms with Crippen LogP contribution in [0.15, 0.2) is 77.4 Å². The molecule has 6 atom stereocenters. The van der Waals surface area contributed by atoms with Gasteiger partial charge in [-0.1, -0.05) is 42.5 Å². The van der Waals surface area contributed by atoms with E-state index in [0.717, 1.165) is 11.1 Å². The molecule has 2 aromatic carbocycles. The van der Waals surface area contributed by atoms with E-state index < -0.39 is 67.0 Å². The Labute approximate surface area is 332 Å². The van der Waals surface area contributed by atoms with E-state index in [0.29, 0.717) is 30.0 Å². The molecule has 0 aliphatic carbocycles. The third kappa shape index (κ3) is 12.7. The molecule has 0 radical (unpaired) electrons. The molecule has 270 valence electrons. The van der Waals surface area contributed by atoms with E-state index in [4.69, 9.17) is 13.9 Å². The van der Waals surface area contributed by atoms with Crippen molar-refractivity contribution in [1.82, 2.24) is 16.0 Å². The van der Waals surface area contributed by atoms with Gasteiger partial charge in [0.25, 0.3) is 17.6 Å². The summed E-state index contributed by atoms with van der Waals surface area (Å²) in [6.07, 6.45) is -5.50. The monoisotopic (exact) mass is 778 g/mol. The van der Waals surface area contributed by atoms with Gasteiger partial charge in [-0.2, -0.15) is 11.8 Å². The van der Waals surface area contributed by atoms with Crippen molar-refractivity contribution in [1.29, 1.82) is 0 Å². The fourth-order valence-corrected chi connectivity index (χ4v) is 6.04. The van der Waals surface area contributed by atoms with E-state index in [2.05, 4.69) is 16.0 Å². The largest absolute Gasteiger partial charge is 2.00 e. The molecule has 1 aromatic heterocycles. The van der Waals surface area contributed by atoms with E-state index in [-0.39, 0.29) is 64.9 Å². The summed E-state index contributed by atoms with van der Waals surface area (Å²) in [5, 5.41) is 50.7. The number of aliphatic hydroxyl groups is 3. The number of carbonyl (C=O) groups is 4. The van der Waals surface area contributed by atoms with Crippen LogP contribution in [0.1, 0.15) is 40.7 Å². The zero-order valence-corrected chi connectivity index (χ0v) is 32.1. The molecule has 0 saturated carbocycles. The van der Waals surface area contributed by atoms with Crippen LogP contribution in [0.3, 0.4) is 0 Å². The molecule has 17 heteroatoms. The van der Waals surface area contributed by atoms with Gasteiger partial charge in [-0.15, -0.1) is 0 Å². The molecule has 1 aliphatic heterocycles. The van der Waals surface area contributed by atoms with Crippen LogP contribution in [0.25, 0.3) is 11.1 Å². The van der Waals surface area contributed by atoms with Crippen molar-refractivity contribution in [3.63, 3.8) is 0 Å². The van der Waals surface area contributed by atoms with Crippen molar-refractivity contribution < 1.29 is 100 Å². The Bertz CT molecular complexity index is 1540. The first-order chi connectivity index (χ1) is 23.5. The standard InChI is InChI=1S/C34H41N3O11S.Fe.Na/c1-21(38)37-28-25(39)19-34(33(44)45,47-16-6-17-49-18-14-35-32(43)27-9-5-15-46-27)48-30(28)29(41)26(40)20-36-31(42)24-12-10-23(11-13-24)22-7-3-2-4-8-22;;/h2-5,7-13,15,25-26,28-30,39-41H,6,14,16-20H2,1H3,(H,35,43)(H,36,42)(H,37,38)(H,44,45);;/q;+2;+1/t25-,26+,28+,29?,30+,34+;;/m0../s1. The quantitative estimate of drug-likeness (QED) is 0.0610. The minimum Gasteiger partial charge on any atom is -0.477 e. The number of rotatable bonds is 17. The van der Waals surface area contributed by atoms with Gasteiger partial charge < -0.3 is 50.3 Å². The van der Waals surface area contributed by atoms with Crippen molar-refractivity contribution in [2.75, 3.05) is 31.2 Å². The summed E-state index contributed by atoms with van der Waals surface area (Å²) in [7, 11) is 0. The summed E-state index contributed by atoms with van der Waals surface area (Å²) in [6.45, 7) is 1.00. The molecule has 0 spiro atoms. The van der Waals surface area contributed by atoms with Gasteiger partial charge in [0.2, 0.25) is 5.91 Å². The van der Waals surface area contributed by atoms with Crippen molar-refractivity contribution in [2.45, 2.75) is 56.0 Å². The summed E-state index contributed by atoms with van der Waals surface area (Å²) in [5.41, 5.74) is 2.18. The second-order valence-electron chi connectivity index (χ2n) is 11.4. The average molecular weight is 779 g/mol. The predicted octanol–water partition coefficient (Wildman–Crippen LogP) is -1.59. The Kier molecular flexibility index (Phi) is 18.9. The van der Waals surface area contributed by atoms with Crippen LogP contribution in [0, 0.1) is 0 Å². The number of carboxylic acids is 1. The maximum atomic E-state index is 12.8. The smallest absolute Gasteiger partial charge is 0.477 e. The Balaban J connectivity index is 0.00000451. The van der Waals surface area contributed by atoms with E-state index in [1.165, 1.54) is 24.9 Å². The average Bonchev–Trinajstić information content (AvgIpc) is 3.64. The topological polar surface area (TPSA) is 217 Å². The zero-order valence-electron chi connectivity index (χ0n) is 28.2. The van der Waals surface area contributed by atoms with Crippen LogP contribution in [0.4, 0.5) is 0 Å². The predicted molar refractivity (Wildman–Crippen MR) is 179 cm³/mol. The van der Waals surface area contributed by atoms with E-state index >= 15 is 0 Å². The van der Waals surface area contributed by atoms with E-state index in [1.807, 2.05) is 30.3 Å². The number of carbonyl (C=O) groups excluding carboxylic acids is 3. The van der Waals surface area contributed by atoms with Gasteiger partial charge in [0.05, 0.1) is 31.1 Å². The normalized spacial score (nSPS) is 20.8. The number of aliphatic carboxylic acids is 1. The van der Waals surface area contributed by atoms with Gasteiger partial charge in [0.1, 0.15) is 12.2 Å². The van der Waals surface area contributed by atoms with Crippen molar-refractivity contribution in [3.05, 3.63) is 84.3 Å². The molecule has 51 heavy (non-hydrogen) atoms. The summed E-state index contributed by atoms with van der Waals surface area (Å²) in [5.74, 6) is -4.10. The van der Waals surface area contributed by atoms with Gasteiger partial charge in [-0.05, 0) is 47.6 Å². The maximum absolute atomic E-state index is 12.8. The molecule has 7 N–H and O–H groups in total. The van der Waals surface area contributed by atoms with Gasteiger partial charge in [-0.3, -0.25) is 14.4 Å². The SMILES string of the molecule is CC(=O)N[C@@H]1[C@@H](O)C[C@](OCCCSCCNC(=O)c2ccco2)(C(=O)O)O[C@H]1C(O)[C@H](O)CNC(=O)c1ccc(-c2ccccc2)cc1.[Fe+2].[Na+]. The van der Waals surface area contributed by atoms with Crippen LogP contribution >= 0.6 is 11.8 Å². The number of ether oxygens (including phenoxy) is 2. The number of hydrogen-bond acceptors (Lipinski definition) is 11. The Morgan fingerprint density at radius 2 is 1.65 bits per heavy atom. The first-order valence-electron chi connectivity index (χ1n) is 15.7. The van der Waals surface area contributed by atoms with E-state index in [9.17, 15) is 39.6 Å². The number of amides is 3.